The number of piperidine rings is 1. The van der Waals surface area contributed by atoms with Crippen molar-refractivity contribution in [2.24, 2.45) is 5.14 Å². The van der Waals surface area contributed by atoms with Crippen molar-refractivity contribution in [2.45, 2.75) is 24.2 Å². The number of hydrogen-bond acceptors (Lipinski definition) is 5. The largest absolute Gasteiger partial charge is 0.358 e. The number of nitrogens with one attached hydrogen (secondary N) is 1. The molecule has 0 spiro atoms. The molecule has 1 fully saturated rings. The molecule has 1 saturated heterocycles. The van der Waals surface area contributed by atoms with Gasteiger partial charge < -0.3 is 10.2 Å². The number of anilines is 1. The minimum absolute atomic E-state index is 0.0103. The first-order valence-corrected chi connectivity index (χ1v) is 10.1. The Morgan fingerprint density at radius 3 is 2.39 bits per heavy atom. The first kappa shape index (κ1) is 18.2. The van der Waals surface area contributed by atoms with Gasteiger partial charge in [0.15, 0.2) is 0 Å². The molecule has 6 nitrogen and oxygen atoms in total. The molecule has 9 heteroatoms. The van der Waals surface area contributed by atoms with Gasteiger partial charge in [0.05, 0.1) is 10.6 Å². The lowest BCUT2D eigenvalue weighted by Crippen LogP contribution is -2.33. The summed E-state index contributed by atoms with van der Waals surface area (Å²) in [5.74, 6) is 0.0458. The third kappa shape index (κ3) is 5.76. The summed E-state index contributed by atoms with van der Waals surface area (Å²) in [4.78, 5) is 14.1. The molecule has 1 aromatic rings. The molecule has 0 atom stereocenters. The number of sulfonamides is 1. The summed E-state index contributed by atoms with van der Waals surface area (Å²) < 4.78 is 23.1. The van der Waals surface area contributed by atoms with Crippen LogP contribution in [0.1, 0.15) is 19.3 Å². The van der Waals surface area contributed by atoms with Crippen molar-refractivity contribution in [1.82, 2.24) is 4.90 Å². The zero-order valence-corrected chi connectivity index (χ0v) is 15.0. The van der Waals surface area contributed by atoms with E-state index in [-0.39, 0.29) is 16.6 Å². The van der Waals surface area contributed by atoms with Gasteiger partial charge in [-0.2, -0.15) is 0 Å². The SMILES string of the molecule is NS(=O)(=O)c1ccc(NC(=O)CSC(=S)N2CCCCC2)cc1. The number of carbonyl (C=O) groups excluding carboxylic acids is 1. The number of carbonyl (C=O) groups is 1. The van der Waals surface area contributed by atoms with E-state index in [0.29, 0.717) is 5.69 Å². The highest BCUT2D eigenvalue weighted by atomic mass is 32.2. The van der Waals surface area contributed by atoms with Crippen LogP contribution in [-0.2, 0) is 14.8 Å². The number of amides is 1. The molecule has 0 bridgehead atoms. The van der Waals surface area contributed by atoms with Gasteiger partial charge in [0.25, 0.3) is 0 Å². The van der Waals surface area contributed by atoms with Crippen molar-refractivity contribution in [3.8, 4) is 0 Å². The molecule has 0 unspecified atom stereocenters. The lowest BCUT2D eigenvalue weighted by Gasteiger charge is -2.28. The lowest BCUT2D eigenvalue weighted by molar-refractivity contribution is -0.113. The predicted octanol–water partition coefficient (Wildman–Crippen LogP) is 1.78. The predicted molar refractivity (Wildman–Crippen MR) is 96.9 cm³/mol. The van der Waals surface area contributed by atoms with E-state index >= 15 is 0 Å². The molecule has 1 aliphatic rings. The second-order valence-electron chi connectivity index (χ2n) is 5.22. The average molecular weight is 374 g/mol. The van der Waals surface area contributed by atoms with E-state index in [0.717, 1.165) is 30.3 Å². The van der Waals surface area contributed by atoms with Crippen molar-refractivity contribution >= 4 is 49.9 Å². The third-order valence-corrected chi connectivity index (χ3v) is 5.86. The fraction of sp³-hybridized carbons (Fsp3) is 0.429. The highest BCUT2D eigenvalue weighted by Gasteiger charge is 2.15. The maximum Gasteiger partial charge on any atom is 0.238 e. The van der Waals surface area contributed by atoms with E-state index in [2.05, 4.69) is 10.2 Å². The van der Waals surface area contributed by atoms with Gasteiger partial charge in [-0.25, -0.2) is 13.6 Å². The summed E-state index contributed by atoms with van der Waals surface area (Å²) in [5, 5.41) is 7.73. The van der Waals surface area contributed by atoms with Gasteiger partial charge in [-0.3, -0.25) is 4.79 Å². The van der Waals surface area contributed by atoms with E-state index in [1.807, 2.05) is 0 Å². The first-order valence-electron chi connectivity index (χ1n) is 7.21. The number of likely N-dealkylation sites (tertiary alicyclic amines) is 1. The number of rotatable bonds is 4. The van der Waals surface area contributed by atoms with E-state index in [1.165, 1.54) is 42.4 Å². The van der Waals surface area contributed by atoms with Crippen LogP contribution in [0, 0.1) is 0 Å². The Morgan fingerprint density at radius 2 is 1.83 bits per heavy atom. The fourth-order valence-corrected chi connectivity index (χ4v) is 3.79. The van der Waals surface area contributed by atoms with E-state index in [9.17, 15) is 13.2 Å². The second-order valence-corrected chi connectivity index (χ2v) is 8.39. The Kier molecular flexibility index (Phi) is 6.40. The highest BCUT2D eigenvalue weighted by Crippen LogP contribution is 2.17. The van der Waals surface area contributed by atoms with E-state index < -0.39 is 10.0 Å². The molecule has 0 aromatic heterocycles. The Hall–Kier alpha value is -1.16. The second kappa shape index (κ2) is 8.09. The Morgan fingerprint density at radius 1 is 1.22 bits per heavy atom. The van der Waals surface area contributed by atoms with E-state index in [4.69, 9.17) is 17.4 Å². The molecule has 126 valence electrons. The normalized spacial score (nSPS) is 15.3. The smallest absolute Gasteiger partial charge is 0.238 e. The van der Waals surface area contributed by atoms with Crippen LogP contribution in [0.25, 0.3) is 0 Å². The molecule has 1 heterocycles. The van der Waals surface area contributed by atoms with Gasteiger partial charge in [0.2, 0.25) is 15.9 Å². The van der Waals surface area contributed by atoms with Crippen molar-refractivity contribution in [3.05, 3.63) is 24.3 Å². The number of thiocarbonyl (C=S) groups is 1. The van der Waals surface area contributed by atoms with Crippen LogP contribution in [-0.4, -0.2) is 42.4 Å². The zero-order chi connectivity index (χ0) is 16.9. The fourth-order valence-electron chi connectivity index (χ4n) is 2.22. The van der Waals surface area contributed by atoms with Gasteiger partial charge in [0, 0.05) is 18.8 Å². The minimum atomic E-state index is -3.72. The van der Waals surface area contributed by atoms with Crippen LogP contribution < -0.4 is 10.5 Å². The molecule has 0 saturated carbocycles. The molecule has 0 aliphatic carbocycles. The van der Waals surface area contributed by atoms with Gasteiger partial charge in [-0.15, -0.1) is 0 Å². The summed E-state index contributed by atoms with van der Waals surface area (Å²) in [7, 11) is -3.72. The molecule has 3 N–H and O–H groups in total. The summed E-state index contributed by atoms with van der Waals surface area (Å²) in [6, 6.07) is 5.73. The summed E-state index contributed by atoms with van der Waals surface area (Å²) in [6.45, 7) is 1.92. The molecule has 1 amide bonds. The van der Waals surface area contributed by atoms with Crippen molar-refractivity contribution in [2.75, 3.05) is 24.2 Å². The van der Waals surface area contributed by atoms with Crippen LogP contribution in [0.5, 0.6) is 0 Å². The van der Waals surface area contributed by atoms with Crippen LogP contribution in [0.15, 0.2) is 29.2 Å². The summed E-state index contributed by atoms with van der Waals surface area (Å²) >= 11 is 6.69. The topological polar surface area (TPSA) is 92.5 Å². The molecule has 1 aromatic carbocycles. The molecule has 23 heavy (non-hydrogen) atoms. The molecular formula is C14H19N3O3S3. The monoisotopic (exact) mass is 373 g/mol. The van der Waals surface area contributed by atoms with Crippen molar-refractivity contribution < 1.29 is 13.2 Å². The van der Waals surface area contributed by atoms with Crippen LogP contribution in [0.4, 0.5) is 5.69 Å². The minimum Gasteiger partial charge on any atom is -0.358 e. The number of nitrogens with two attached hydrogens (primary N) is 1. The maximum atomic E-state index is 11.9. The summed E-state index contributed by atoms with van der Waals surface area (Å²) in [6.07, 6.45) is 3.52. The molecule has 0 radical (unpaired) electrons. The van der Waals surface area contributed by atoms with Crippen LogP contribution in [0.2, 0.25) is 0 Å². The standard InChI is InChI=1S/C14H19N3O3S3/c15-23(19,20)12-6-4-11(5-7-12)16-13(18)10-22-14(21)17-8-2-1-3-9-17/h4-7H,1-3,8-10H2,(H,16,18)(H2,15,19,20). The Balaban J connectivity index is 1.81. The van der Waals surface area contributed by atoms with Crippen molar-refractivity contribution in [1.29, 1.82) is 0 Å². The zero-order valence-electron chi connectivity index (χ0n) is 12.5. The number of nitrogens with zero attached hydrogens (tertiary/aromatic N) is 1. The summed E-state index contributed by atoms with van der Waals surface area (Å²) in [5.41, 5.74) is 0.520. The first-order chi connectivity index (χ1) is 10.9. The third-order valence-electron chi connectivity index (χ3n) is 3.41. The molecule has 1 aliphatic heterocycles. The van der Waals surface area contributed by atoms with Gasteiger partial charge in [-0.05, 0) is 43.5 Å². The van der Waals surface area contributed by atoms with Crippen molar-refractivity contribution in [3.63, 3.8) is 0 Å². The van der Waals surface area contributed by atoms with Crippen LogP contribution >= 0.6 is 24.0 Å². The molecule has 2 rings (SSSR count). The van der Waals surface area contributed by atoms with Crippen LogP contribution in [0.3, 0.4) is 0 Å². The quantitative estimate of drug-likeness (QED) is 0.782. The Labute approximate surface area is 145 Å². The van der Waals surface area contributed by atoms with Gasteiger partial charge in [0.1, 0.15) is 4.32 Å². The maximum absolute atomic E-state index is 11.9. The highest BCUT2D eigenvalue weighted by molar-refractivity contribution is 8.23. The van der Waals surface area contributed by atoms with Gasteiger partial charge in [-0.1, -0.05) is 24.0 Å². The number of hydrogen-bond donors (Lipinski definition) is 2. The average Bonchev–Trinajstić information content (AvgIpc) is 2.53. The Bertz CT molecular complexity index is 668. The molecular weight excluding hydrogens is 354 g/mol. The lowest BCUT2D eigenvalue weighted by atomic mass is 10.1. The van der Waals surface area contributed by atoms with Gasteiger partial charge >= 0.3 is 0 Å². The number of benzene rings is 1. The number of thioether (sulfide) groups is 1. The van der Waals surface area contributed by atoms with E-state index in [1.54, 1.807) is 0 Å². The number of primary sulfonamides is 1.